The van der Waals surface area contributed by atoms with Crippen LogP contribution in [0.3, 0.4) is 0 Å². The van der Waals surface area contributed by atoms with Crippen LogP contribution in [0.15, 0.2) is 72.8 Å². The van der Waals surface area contributed by atoms with E-state index in [1.807, 2.05) is 60.7 Å². The van der Waals surface area contributed by atoms with Crippen LogP contribution in [0.2, 0.25) is 0 Å². The van der Waals surface area contributed by atoms with Crippen molar-refractivity contribution in [1.82, 2.24) is 0 Å². The van der Waals surface area contributed by atoms with Crippen molar-refractivity contribution in [3.63, 3.8) is 0 Å². The van der Waals surface area contributed by atoms with Crippen LogP contribution in [-0.2, 0) is 6.42 Å². The maximum atomic E-state index is 9.66. The third-order valence-electron chi connectivity index (χ3n) is 4.69. The van der Waals surface area contributed by atoms with Gasteiger partial charge in [0.1, 0.15) is 6.07 Å². The minimum Gasteiger partial charge on any atom is -0.192 e. The minimum atomic E-state index is 0.645. The van der Waals surface area contributed by atoms with Crippen molar-refractivity contribution in [2.75, 3.05) is 0 Å². The summed E-state index contributed by atoms with van der Waals surface area (Å²) >= 11 is 0. The number of rotatable bonds is 3. The molecule has 4 aromatic carbocycles. The van der Waals surface area contributed by atoms with Gasteiger partial charge in [0.15, 0.2) is 0 Å². The molecule has 1 radical (unpaired) electrons. The zero-order chi connectivity index (χ0) is 17.9. The van der Waals surface area contributed by atoms with Gasteiger partial charge in [-0.05, 0) is 57.6 Å². The molecule has 0 atom stereocenters. The summed E-state index contributed by atoms with van der Waals surface area (Å²) in [5.74, 6) is 0. The van der Waals surface area contributed by atoms with Crippen LogP contribution >= 0.6 is 0 Å². The molecule has 2 nitrogen and oxygen atoms in total. The van der Waals surface area contributed by atoms with Crippen molar-refractivity contribution < 1.29 is 0 Å². The number of hydrogen-bond donors (Lipinski definition) is 0. The van der Waals surface area contributed by atoms with Gasteiger partial charge in [-0.1, -0.05) is 60.7 Å². The first-order valence-electron chi connectivity index (χ1n) is 8.47. The van der Waals surface area contributed by atoms with Gasteiger partial charge in [0.2, 0.25) is 0 Å². The summed E-state index contributed by atoms with van der Waals surface area (Å²) in [6, 6.07) is 28.5. The second-order valence-electron chi connectivity index (χ2n) is 6.24. The Morgan fingerprint density at radius 2 is 1.46 bits per heavy atom. The van der Waals surface area contributed by atoms with Gasteiger partial charge in [0.05, 0.1) is 17.2 Å². The minimum absolute atomic E-state index is 0.645. The summed E-state index contributed by atoms with van der Waals surface area (Å²) in [5, 5.41) is 23.2. The van der Waals surface area contributed by atoms with E-state index < -0.39 is 0 Å². The molecule has 4 rings (SSSR count). The van der Waals surface area contributed by atoms with E-state index in [4.69, 9.17) is 0 Å². The zero-order valence-corrected chi connectivity index (χ0v) is 14.1. The largest absolute Gasteiger partial charge is 0.192 e. The molecule has 0 spiro atoms. The van der Waals surface area contributed by atoms with Crippen molar-refractivity contribution in [3.05, 3.63) is 101 Å². The standard InChI is InChI=1S/C24H15N2/c25-15-17-13-20-6-2-3-7-22(20)21(14-17)12-11-19-10-9-18-5-1-4-8-23(18)24(19)16-26/h1-10,12-14H,11H2. The number of hydrogen-bond acceptors (Lipinski definition) is 2. The van der Waals surface area contributed by atoms with E-state index >= 15 is 0 Å². The fourth-order valence-corrected chi connectivity index (χ4v) is 3.41. The Bertz CT molecular complexity index is 1210. The van der Waals surface area contributed by atoms with Crippen LogP contribution in [0.5, 0.6) is 0 Å². The Morgan fingerprint density at radius 3 is 2.23 bits per heavy atom. The average molecular weight is 331 g/mol. The molecular formula is C24H15N2. The Morgan fingerprint density at radius 1 is 0.731 bits per heavy atom. The first-order valence-corrected chi connectivity index (χ1v) is 8.47. The Kier molecular flexibility index (Phi) is 4.10. The molecule has 26 heavy (non-hydrogen) atoms. The molecule has 0 amide bonds. The van der Waals surface area contributed by atoms with E-state index in [-0.39, 0.29) is 0 Å². The summed E-state index contributed by atoms with van der Waals surface area (Å²) < 4.78 is 0. The highest BCUT2D eigenvalue weighted by Gasteiger charge is 2.10. The number of nitriles is 2. The van der Waals surface area contributed by atoms with Gasteiger partial charge in [-0.2, -0.15) is 10.5 Å². The highest BCUT2D eigenvalue weighted by Crippen LogP contribution is 2.26. The molecule has 0 aromatic heterocycles. The molecule has 0 fully saturated rings. The summed E-state index contributed by atoms with van der Waals surface area (Å²) in [6.45, 7) is 0. The maximum Gasteiger partial charge on any atom is 0.100 e. The van der Waals surface area contributed by atoms with Crippen molar-refractivity contribution in [2.24, 2.45) is 0 Å². The van der Waals surface area contributed by atoms with E-state index in [0.29, 0.717) is 12.0 Å². The third-order valence-corrected chi connectivity index (χ3v) is 4.69. The van der Waals surface area contributed by atoms with Gasteiger partial charge >= 0.3 is 0 Å². The van der Waals surface area contributed by atoms with E-state index in [9.17, 15) is 10.5 Å². The topological polar surface area (TPSA) is 47.6 Å². The monoisotopic (exact) mass is 331 g/mol. The van der Waals surface area contributed by atoms with Crippen LogP contribution in [0.25, 0.3) is 21.5 Å². The summed E-state index contributed by atoms with van der Waals surface area (Å²) in [5.41, 5.74) is 3.39. The molecule has 0 aliphatic heterocycles. The molecule has 0 heterocycles. The molecule has 0 saturated carbocycles. The number of fused-ring (bicyclic) bond motifs is 2. The van der Waals surface area contributed by atoms with Crippen LogP contribution in [0.4, 0.5) is 0 Å². The molecular weight excluding hydrogens is 316 g/mol. The predicted molar refractivity (Wildman–Crippen MR) is 104 cm³/mol. The molecule has 0 aliphatic carbocycles. The lowest BCUT2D eigenvalue weighted by Crippen LogP contribution is -1.95. The Labute approximate surface area is 152 Å². The Hall–Kier alpha value is -3.62. The smallest absolute Gasteiger partial charge is 0.100 e. The van der Waals surface area contributed by atoms with E-state index in [1.165, 1.54) is 0 Å². The third kappa shape index (κ3) is 2.79. The SMILES string of the molecule is N#Cc1cc([CH]Cc2ccc3ccccc3c2C#N)c2ccccc2c1. The van der Waals surface area contributed by atoms with Crippen molar-refractivity contribution >= 4 is 21.5 Å². The quantitative estimate of drug-likeness (QED) is 0.495. The molecule has 0 unspecified atom stereocenters. The first kappa shape index (κ1) is 15.9. The van der Waals surface area contributed by atoms with Gasteiger partial charge < -0.3 is 0 Å². The molecule has 121 valence electrons. The average Bonchev–Trinajstić information content (AvgIpc) is 2.71. The lowest BCUT2D eigenvalue weighted by atomic mass is 9.93. The summed E-state index contributed by atoms with van der Waals surface area (Å²) in [4.78, 5) is 0. The Balaban J connectivity index is 1.75. The summed E-state index contributed by atoms with van der Waals surface area (Å²) in [7, 11) is 0. The van der Waals surface area contributed by atoms with Gasteiger partial charge in [0.25, 0.3) is 0 Å². The predicted octanol–water partition coefficient (Wildman–Crippen LogP) is 5.53. The van der Waals surface area contributed by atoms with Crippen LogP contribution in [0, 0.1) is 29.1 Å². The lowest BCUT2D eigenvalue weighted by Gasteiger charge is -2.10. The number of benzene rings is 4. The van der Waals surface area contributed by atoms with Gasteiger partial charge in [-0.3, -0.25) is 0 Å². The normalized spacial score (nSPS) is 10.5. The van der Waals surface area contributed by atoms with Crippen LogP contribution in [0.1, 0.15) is 22.3 Å². The summed E-state index contributed by atoms with van der Waals surface area (Å²) in [6.07, 6.45) is 2.75. The first-order chi connectivity index (χ1) is 12.8. The van der Waals surface area contributed by atoms with Gasteiger partial charge in [-0.25, -0.2) is 0 Å². The van der Waals surface area contributed by atoms with Crippen molar-refractivity contribution in [3.8, 4) is 12.1 Å². The zero-order valence-electron chi connectivity index (χ0n) is 14.1. The highest BCUT2D eigenvalue weighted by molar-refractivity contribution is 5.90. The van der Waals surface area contributed by atoms with Gasteiger partial charge in [0, 0.05) is 0 Å². The second-order valence-corrected chi connectivity index (χ2v) is 6.24. The van der Waals surface area contributed by atoms with Crippen molar-refractivity contribution in [1.29, 1.82) is 10.5 Å². The van der Waals surface area contributed by atoms with Gasteiger partial charge in [-0.15, -0.1) is 0 Å². The van der Waals surface area contributed by atoms with E-state index in [0.717, 1.165) is 38.2 Å². The molecule has 4 aromatic rings. The molecule has 0 N–H and O–H groups in total. The fourth-order valence-electron chi connectivity index (χ4n) is 3.41. The molecule has 0 bridgehead atoms. The highest BCUT2D eigenvalue weighted by atomic mass is 14.3. The van der Waals surface area contributed by atoms with Crippen molar-refractivity contribution in [2.45, 2.75) is 6.42 Å². The lowest BCUT2D eigenvalue weighted by molar-refractivity contribution is 1.17. The fraction of sp³-hybridized carbons (Fsp3) is 0.0417. The van der Waals surface area contributed by atoms with Crippen LogP contribution in [-0.4, -0.2) is 0 Å². The molecule has 2 heteroatoms. The maximum absolute atomic E-state index is 9.66. The van der Waals surface area contributed by atoms with Crippen LogP contribution < -0.4 is 0 Å². The number of nitrogens with zero attached hydrogens (tertiary/aromatic N) is 2. The second kappa shape index (κ2) is 6.71. The van der Waals surface area contributed by atoms with E-state index in [1.54, 1.807) is 0 Å². The molecule has 0 saturated heterocycles. The molecule has 0 aliphatic rings. The van der Waals surface area contributed by atoms with E-state index in [2.05, 4.69) is 30.7 Å².